The van der Waals surface area contributed by atoms with Crippen LogP contribution in [0, 0.1) is 0 Å². The van der Waals surface area contributed by atoms with Crippen molar-refractivity contribution < 1.29 is 81.8 Å². The molecule has 0 bridgehead atoms. The summed E-state index contributed by atoms with van der Waals surface area (Å²) >= 11 is 0. The van der Waals surface area contributed by atoms with Crippen molar-refractivity contribution in [1.82, 2.24) is 0 Å². The third-order valence-corrected chi connectivity index (χ3v) is 5.46. The summed E-state index contributed by atoms with van der Waals surface area (Å²) in [4.78, 5) is 45.1. The molecule has 8 atom stereocenters. The summed E-state index contributed by atoms with van der Waals surface area (Å²) in [7, 11) is -16.2. The number of phosphoric ester groups is 3. The van der Waals surface area contributed by atoms with E-state index in [0.29, 0.717) is 0 Å². The van der Waals surface area contributed by atoms with Crippen molar-refractivity contribution >= 4 is 23.5 Å². The maximum Gasteiger partial charge on any atom is 0.472 e. The van der Waals surface area contributed by atoms with Crippen LogP contribution in [0.5, 0.6) is 0 Å². The highest BCUT2D eigenvalue weighted by atomic mass is 31.2. The molecule has 0 aromatic rings. The minimum atomic E-state index is -5.49. The van der Waals surface area contributed by atoms with E-state index in [2.05, 4.69) is 18.1 Å². The quantitative estimate of drug-likeness (QED) is 0.129. The molecule has 1 aliphatic carbocycles. The second-order valence-corrected chi connectivity index (χ2v) is 9.55. The van der Waals surface area contributed by atoms with Crippen molar-refractivity contribution in [2.24, 2.45) is 0 Å². The van der Waals surface area contributed by atoms with Crippen LogP contribution in [0.2, 0.25) is 0 Å². The zero-order chi connectivity index (χ0) is 22.8. The molecule has 17 nitrogen and oxygen atoms in total. The predicted octanol–water partition coefficient (Wildman–Crippen LogP) is -4.11. The number of rotatable bonds is 10. The SMILES string of the molecule is O=P(O)(O)O[C@@H]1[C@@H](O)[C@@H](O)[C@@H](OP(=O)(O)OC[C@H](O)CO)[C@H](O)[C@H]1OP(=O)(O)O. The van der Waals surface area contributed by atoms with Crippen molar-refractivity contribution in [1.29, 1.82) is 0 Å². The van der Waals surface area contributed by atoms with E-state index in [0.717, 1.165) is 0 Å². The van der Waals surface area contributed by atoms with Crippen LogP contribution in [-0.2, 0) is 31.8 Å². The lowest BCUT2D eigenvalue weighted by Crippen LogP contribution is -2.65. The van der Waals surface area contributed by atoms with E-state index < -0.39 is 79.4 Å². The minimum Gasteiger partial charge on any atom is -0.394 e. The van der Waals surface area contributed by atoms with Gasteiger partial charge in [-0.15, -0.1) is 0 Å². The Morgan fingerprint density at radius 1 is 0.724 bits per heavy atom. The fraction of sp³-hybridized carbons (Fsp3) is 1.00. The van der Waals surface area contributed by atoms with Crippen LogP contribution in [0.4, 0.5) is 0 Å². The van der Waals surface area contributed by atoms with E-state index in [1.165, 1.54) is 0 Å². The molecule has 1 rings (SSSR count). The lowest BCUT2D eigenvalue weighted by atomic mass is 9.85. The molecule has 0 amide bonds. The van der Waals surface area contributed by atoms with E-state index in [4.69, 9.17) is 29.8 Å². The van der Waals surface area contributed by atoms with Crippen molar-refractivity contribution in [2.75, 3.05) is 13.2 Å². The lowest BCUT2D eigenvalue weighted by molar-refractivity contribution is -0.213. The van der Waals surface area contributed by atoms with Gasteiger partial charge in [-0.1, -0.05) is 0 Å². The average Bonchev–Trinajstić information content (AvgIpc) is 2.56. The van der Waals surface area contributed by atoms with Gasteiger partial charge in [0.2, 0.25) is 0 Å². The second-order valence-electron chi connectivity index (χ2n) is 5.76. The van der Waals surface area contributed by atoms with Crippen molar-refractivity contribution in [3.63, 3.8) is 0 Å². The molecule has 0 aromatic carbocycles. The Balaban J connectivity index is 3.13. The fourth-order valence-corrected chi connectivity index (χ4v) is 4.37. The van der Waals surface area contributed by atoms with Crippen LogP contribution in [0.1, 0.15) is 0 Å². The van der Waals surface area contributed by atoms with Gasteiger partial charge in [0.15, 0.2) is 0 Å². The third-order valence-electron chi connectivity index (χ3n) is 3.43. The maximum absolute atomic E-state index is 11.9. The van der Waals surface area contributed by atoms with Crippen molar-refractivity contribution in [3.05, 3.63) is 0 Å². The highest BCUT2D eigenvalue weighted by molar-refractivity contribution is 7.47. The summed E-state index contributed by atoms with van der Waals surface area (Å²) in [6, 6.07) is 0. The molecule has 1 unspecified atom stereocenters. The third kappa shape index (κ3) is 8.65. The molecule has 0 saturated heterocycles. The summed E-state index contributed by atoms with van der Waals surface area (Å²) < 4.78 is 51.0. The Hall–Kier alpha value is 0.130. The van der Waals surface area contributed by atoms with E-state index in [-0.39, 0.29) is 0 Å². The van der Waals surface area contributed by atoms with Crippen LogP contribution in [0.15, 0.2) is 0 Å². The Morgan fingerprint density at radius 2 is 1.14 bits per heavy atom. The summed E-state index contributed by atoms with van der Waals surface area (Å²) in [5.74, 6) is 0. The van der Waals surface area contributed by atoms with Gasteiger partial charge in [0.25, 0.3) is 0 Å². The number of phosphoric acid groups is 3. The zero-order valence-corrected chi connectivity index (χ0v) is 16.8. The number of hydrogen-bond donors (Lipinski definition) is 10. The van der Waals surface area contributed by atoms with Crippen LogP contribution in [-0.4, -0.2) is 106 Å². The lowest BCUT2D eigenvalue weighted by Gasteiger charge is -2.44. The molecule has 1 fully saturated rings. The summed E-state index contributed by atoms with van der Waals surface area (Å²) in [5.41, 5.74) is 0. The van der Waals surface area contributed by atoms with Crippen LogP contribution < -0.4 is 0 Å². The van der Waals surface area contributed by atoms with Gasteiger partial charge >= 0.3 is 23.5 Å². The minimum absolute atomic E-state index is 0.868. The van der Waals surface area contributed by atoms with Gasteiger partial charge in [0, 0.05) is 0 Å². The Labute approximate surface area is 162 Å². The summed E-state index contributed by atoms with van der Waals surface area (Å²) in [5, 5.41) is 47.8. The second kappa shape index (κ2) is 10.2. The first-order valence-electron chi connectivity index (χ1n) is 7.44. The summed E-state index contributed by atoms with van der Waals surface area (Å²) in [6.45, 7) is -1.81. The predicted molar refractivity (Wildman–Crippen MR) is 85.6 cm³/mol. The highest BCUT2D eigenvalue weighted by Gasteiger charge is 2.56. The first kappa shape index (κ1) is 27.2. The van der Waals surface area contributed by atoms with Gasteiger partial charge in [-0.3, -0.25) is 18.1 Å². The van der Waals surface area contributed by atoms with Gasteiger partial charge in [0.05, 0.1) is 13.2 Å². The van der Waals surface area contributed by atoms with Crippen LogP contribution in [0.25, 0.3) is 0 Å². The monoisotopic (exact) mass is 494 g/mol. The molecular formula is C9H21O17P3. The first-order chi connectivity index (χ1) is 13.0. The van der Waals surface area contributed by atoms with Gasteiger partial charge in [-0.25, -0.2) is 13.7 Å². The number of aliphatic hydroxyl groups excluding tert-OH is 5. The Bertz CT molecular complexity index is 673. The smallest absolute Gasteiger partial charge is 0.394 e. The normalized spacial score (nSPS) is 34.6. The highest BCUT2D eigenvalue weighted by Crippen LogP contribution is 2.51. The molecule has 10 N–H and O–H groups in total. The molecule has 0 heterocycles. The van der Waals surface area contributed by atoms with Crippen molar-refractivity contribution in [2.45, 2.75) is 42.7 Å². The zero-order valence-electron chi connectivity index (χ0n) is 14.1. The number of aliphatic hydroxyl groups is 5. The fourth-order valence-electron chi connectivity index (χ4n) is 2.27. The van der Waals surface area contributed by atoms with Gasteiger partial charge < -0.3 is 50.0 Å². The van der Waals surface area contributed by atoms with Gasteiger partial charge in [0.1, 0.15) is 42.7 Å². The van der Waals surface area contributed by atoms with E-state index in [1.807, 2.05) is 0 Å². The molecule has 20 heteroatoms. The standard InChI is InChI=1S/C9H21O17P3/c10-1-3(11)2-23-29(21,22)26-7-4(12)5(13)8(24-27(15,16)17)9(6(7)14)25-28(18,19)20/h3-14H,1-2H2,(H,21,22)(H2,15,16,17)(H2,18,19,20)/t3-,4-,5+,6+,7-,8-,9-/m1/s1. The van der Waals surface area contributed by atoms with Crippen molar-refractivity contribution in [3.8, 4) is 0 Å². The van der Waals surface area contributed by atoms with Crippen LogP contribution >= 0.6 is 23.5 Å². The molecule has 1 saturated carbocycles. The first-order valence-corrected chi connectivity index (χ1v) is 12.0. The molecular weight excluding hydrogens is 473 g/mol. The molecule has 29 heavy (non-hydrogen) atoms. The van der Waals surface area contributed by atoms with E-state index in [9.17, 15) is 33.9 Å². The average molecular weight is 494 g/mol. The maximum atomic E-state index is 11.9. The molecule has 174 valence electrons. The van der Waals surface area contributed by atoms with E-state index >= 15 is 0 Å². The topological polar surface area (TPSA) is 290 Å². The summed E-state index contributed by atoms with van der Waals surface area (Å²) in [6.07, 6.45) is -16.2. The Morgan fingerprint density at radius 3 is 1.55 bits per heavy atom. The molecule has 0 aliphatic heterocycles. The van der Waals surface area contributed by atoms with Gasteiger partial charge in [-0.05, 0) is 0 Å². The van der Waals surface area contributed by atoms with Crippen LogP contribution in [0.3, 0.4) is 0 Å². The largest absolute Gasteiger partial charge is 0.472 e. The molecule has 1 aliphatic rings. The molecule has 0 spiro atoms. The molecule has 0 radical (unpaired) electrons. The Kier molecular flexibility index (Phi) is 9.52. The molecule has 0 aromatic heterocycles. The van der Waals surface area contributed by atoms with E-state index in [1.54, 1.807) is 0 Å². The number of hydrogen-bond acceptors (Lipinski definition) is 12. The van der Waals surface area contributed by atoms with Gasteiger partial charge in [-0.2, -0.15) is 0 Å².